The highest BCUT2D eigenvalue weighted by Gasteiger charge is 2.18. The molecule has 0 spiro atoms. The fraction of sp³-hybridized carbons (Fsp3) is 0.250. The van der Waals surface area contributed by atoms with Crippen LogP contribution in [0.4, 0.5) is 5.69 Å². The number of benzene rings is 1. The molecule has 19 heavy (non-hydrogen) atoms. The minimum absolute atomic E-state index is 0.217. The molecule has 1 aromatic heterocycles. The zero-order valence-electron chi connectivity index (χ0n) is 10.7. The van der Waals surface area contributed by atoms with Crippen LogP contribution in [-0.2, 0) is 16.6 Å². The molecule has 0 saturated heterocycles. The number of hydrogen-bond donors (Lipinski definition) is 2. The fourth-order valence-electron chi connectivity index (χ4n) is 1.66. The zero-order chi connectivity index (χ0) is 14.0. The first-order chi connectivity index (χ1) is 8.92. The molecule has 102 valence electrons. The topological polar surface area (TPSA) is 85.1 Å². The van der Waals surface area contributed by atoms with Crippen LogP contribution in [0.15, 0.2) is 28.6 Å². The van der Waals surface area contributed by atoms with Gasteiger partial charge in [-0.3, -0.25) is 0 Å². The molecular formula is C12H15N3O2S2. The Hall–Kier alpha value is -1.44. The number of aryl methyl sites for hydroxylation is 1. The van der Waals surface area contributed by atoms with Crippen molar-refractivity contribution in [2.24, 2.45) is 0 Å². The van der Waals surface area contributed by atoms with Crippen molar-refractivity contribution in [3.63, 3.8) is 0 Å². The van der Waals surface area contributed by atoms with E-state index in [1.807, 2.05) is 6.92 Å². The molecule has 0 atom stereocenters. The molecule has 1 aromatic carbocycles. The van der Waals surface area contributed by atoms with Crippen molar-refractivity contribution < 1.29 is 8.42 Å². The Morgan fingerprint density at radius 2 is 2.11 bits per heavy atom. The monoisotopic (exact) mass is 297 g/mol. The third-order valence-corrected chi connectivity index (χ3v) is 5.36. The van der Waals surface area contributed by atoms with E-state index in [2.05, 4.69) is 9.71 Å². The average Bonchev–Trinajstić information content (AvgIpc) is 2.76. The van der Waals surface area contributed by atoms with Gasteiger partial charge in [-0.1, -0.05) is 6.07 Å². The number of nitrogens with zero attached hydrogens (tertiary/aromatic N) is 1. The van der Waals surface area contributed by atoms with Gasteiger partial charge in [-0.05, 0) is 31.5 Å². The van der Waals surface area contributed by atoms with Crippen LogP contribution in [0, 0.1) is 13.8 Å². The van der Waals surface area contributed by atoms with E-state index in [9.17, 15) is 8.42 Å². The second kappa shape index (κ2) is 5.28. The van der Waals surface area contributed by atoms with Gasteiger partial charge in [-0.15, -0.1) is 11.3 Å². The number of nitrogens with one attached hydrogen (secondary N) is 1. The number of rotatable bonds is 4. The fourth-order valence-corrected chi connectivity index (χ4v) is 3.73. The van der Waals surface area contributed by atoms with Crippen LogP contribution in [-0.4, -0.2) is 13.4 Å². The molecule has 0 bridgehead atoms. The lowest BCUT2D eigenvalue weighted by atomic mass is 10.2. The summed E-state index contributed by atoms with van der Waals surface area (Å²) in [6, 6.07) is 4.87. The van der Waals surface area contributed by atoms with Gasteiger partial charge in [0.25, 0.3) is 0 Å². The first-order valence-electron chi connectivity index (χ1n) is 5.65. The Kier molecular flexibility index (Phi) is 3.88. The normalized spacial score (nSPS) is 11.7. The van der Waals surface area contributed by atoms with E-state index in [0.717, 1.165) is 10.6 Å². The zero-order valence-corrected chi connectivity index (χ0v) is 12.3. The molecule has 0 fully saturated rings. The first kappa shape index (κ1) is 14.0. The molecule has 0 unspecified atom stereocenters. The molecule has 2 rings (SSSR count). The molecule has 7 heteroatoms. The van der Waals surface area contributed by atoms with Crippen LogP contribution < -0.4 is 10.5 Å². The van der Waals surface area contributed by atoms with E-state index in [0.29, 0.717) is 11.3 Å². The Morgan fingerprint density at radius 3 is 2.74 bits per heavy atom. The van der Waals surface area contributed by atoms with E-state index in [1.54, 1.807) is 30.6 Å². The van der Waals surface area contributed by atoms with Crippen LogP contribution in [0.25, 0.3) is 0 Å². The van der Waals surface area contributed by atoms with Gasteiger partial charge >= 0.3 is 0 Å². The molecule has 0 aliphatic heterocycles. The van der Waals surface area contributed by atoms with Crippen molar-refractivity contribution in [2.75, 3.05) is 5.73 Å². The van der Waals surface area contributed by atoms with E-state index in [-0.39, 0.29) is 11.4 Å². The highest BCUT2D eigenvalue weighted by atomic mass is 32.2. The number of nitrogens with two attached hydrogens (primary N) is 1. The van der Waals surface area contributed by atoms with Crippen molar-refractivity contribution in [2.45, 2.75) is 25.3 Å². The van der Waals surface area contributed by atoms with Gasteiger partial charge in [0.2, 0.25) is 10.0 Å². The Morgan fingerprint density at radius 1 is 1.37 bits per heavy atom. The highest BCUT2D eigenvalue weighted by molar-refractivity contribution is 7.89. The van der Waals surface area contributed by atoms with Crippen LogP contribution in [0.5, 0.6) is 0 Å². The lowest BCUT2D eigenvalue weighted by Crippen LogP contribution is -2.24. The minimum atomic E-state index is -3.56. The maximum atomic E-state index is 12.2. The summed E-state index contributed by atoms with van der Waals surface area (Å²) in [6.07, 6.45) is 0. The number of thiazole rings is 1. The minimum Gasteiger partial charge on any atom is -0.398 e. The van der Waals surface area contributed by atoms with Crippen LogP contribution in [0.2, 0.25) is 0 Å². The lowest BCUT2D eigenvalue weighted by molar-refractivity contribution is 0.581. The van der Waals surface area contributed by atoms with E-state index < -0.39 is 10.0 Å². The molecule has 1 heterocycles. The third kappa shape index (κ3) is 2.94. The smallest absolute Gasteiger partial charge is 0.241 e. The lowest BCUT2D eigenvalue weighted by Gasteiger charge is -2.10. The summed E-state index contributed by atoms with van der Waals surface area (Å²) < 4.78 is 27.0. The van der Waals surface area contributed by atoms with Gasteiger partial charge in [-0.2, -0.15) is 0 Å². The standard InChI is InChI=1S/C12H15N3O2S2/c1-8-10(13)4-3-5-12(8)19(16,17)15-6-11-9(2)14-7-18-11/h3-5,7,15H,6,13H2,1-2H3. The van der Waals surface area contributed by atoms with Gasteiger partial charge in [0.1, 0.15) is 0 Å². The largest absolute Gasteiger partial charge is 0.398 e. The van der Waals surface area contributed by atoms with Gasteiger partial charge in [0, 0.05) is 17.1 Å². The van der Waals surface area contributed by atoms with Gasteiger partial charge < -0.3 is 5.73 Å². The van der Waals surface area contributed by atoms with Crippen LogP contribution in [0.1, 0.15) is 16.1 Å². The van der Waals surface area contributed by atoms with E-state index >= 15 is 0 Å². The molecule has 3 N–H and O–H groups in total. The molecule has 0 amide bonds. The maximum Gasteiger partial charge on any atom is 0.241 e. The number of aromatic nitrogens is 1. The third-order valence-electron chi connectivity index (χ3n) is 2.88. The number of hydrogen-bond acceptors (Lipinski definition) is 5. The van der Waals surface area contributed by atoms with Crippen molar-refractivity contribution in [1.29, 1.82) is 0 Å². The summed E-state index contributed by atoms with van der Waals surface area (Å²) in [6.45, 7) is 3.79. The summed E-state index contributed by atoms with van der Waals surface area (Å²) in [7, 11) is -3.56. The van der Waals surface area contributed by atoms with Crippen molar-refractivity contribution in [3.05, 3.63) is 39.8 Å². The van der Waals surface area contributed by atoms with Crippen molar-refractivity contribution >= 4 is 27.0 Å². The molecular weight excluding hydrogens is 282 g/mol. The number of sulfonamides is 1. The SMILES string of the molecule is Cc1ncsc1CNS(=O)(=O)c1cccc(N)c1C. The summed E-state index contributed by atoms with van der Waals surface area (Å²) in [4.78, 5) is 5.21. The summed E-state index contributed by atoms with van der Waals surface area (Å²) >= 11 is 1.43. The second-order valence-electron chi connectivity index (χ2n) is 4.16. The first-order valence-corrected chi connectivity index (χ1v) is 8.02. The maximum absolute atomic E-state index is 12.2. The highest BCUT2D eigenvalue weighted by Crippen LogP contribution is 2.21. The van der Waals surface area contributed by atoms with Crippen LogP contribution in [0.3, 0.4) is 0 Å². The van der Waals surface area contributed by atoms with Crippen molar-refractivity contribution in [1.82, 2.24) is 9.71 Å². The molecule has 2 aromatic rings. The number of anilines is 1. The molecule has 0 saturated carbocycles. The second-order valence-corrected chi connectivity index (χ2v) is 6.83. The van der Waals surface area contributed by atoms with Gasteiger partial charge in [0.05, 0.1) is 16.1 Å². The molecule has 0 aliphatic rings. The van der Waals surface area contributed by atoms with E-state index in [4.69, 9.17) is 5.73 Å². The summed E-state index contributed by atoms with van der Waals surface area (Å²) in [5.74, 6) is 0. The Balaban J connectivity index is 2.24. The molecule has 5 nitrogen and oxygen atoms in total. The van der Waals surface area contributed by atoms with Gasteiger partial charge in [0.15, 0.2) is 0 Å². The summed E-state index contributed by atoms with van der Waals surface area (Å²) in [5, 5.41) is 0. The molecule has 0 radical (unpaired) electrons. The summed E-state index contributed by atoms with van der Waals surface area (Å²) in [5.41, 5.74) is 9.31. The van der Waals surface area contributed by atoms with Crippen LogP contribution >= 0.6 is 11.3 Å². The van der Waals surface area contributed by atoms with Gasteiger partial charge in [-0.25, -0.2) is 18.1 Å². The van der Waals surface area contributed by atoms with E-state index in [1.165, 1.54) is 11.3 Å². The van der Waals surface area contributed by atoms with Crippen molar-refractivity contribution in [3.8, 4) is 0 Å². The predicted molar refractivity (Wildman–Crippen MR) is 76.5 cm³/mol. The quantitative estimate of drug-likeness (QED) is 0.843. The Labute approximate surface area is 116 Å². The molecule has 0 aliphatic carbocycles. The number of nitrogen functional groups attached to an aromatic ring is 1. The Bertz CT molecular complexity index is 693. The predicted octanol–water partition coefficient (Wildman–Crippen LogP) is 1.82. The average molecular weight is 297 g/mol.